The molecule has 0 radical (unpaired) electrons. The van der Waals surface area contributed by atoms with Crippen molar-refractivity contribution in [3.63, 3.8) is 0 Å². The second-order valence-corrected chi connectivity index (χ2v) is 9.79. The first kappa shape index (κ1) is 18.5. The van der Waals surface area contributed by atoms with Crippen molar-refractivity contribution >= 4 is 98.7 Å². The van der Waals surface area contributed by atoms with Gasteiger partial charge in [0.05, 0.1) is 27.6 Å². The highest BCUT2D eigenvalue weighted by Crippen LogP contribution is 2.77. The molecular formula is C15H6Cl7NO2. The molecule has 0 unspecified atom stereocenters. The number of hydrogen-bond acceptors (Lipinski definition) is 2. The van der Waals surface area contributed by atoms with Crippen LogP contribution in [-0.2, 0) is 9.59 Å². The molecule has 3 aliphatic rings. The largest absolute Gasteiger partial charge is 0.274 e. The Labute approximate surface area is 177 Å². The zero-order chi connectivity index (χ0) is 18.5. The summed E-state index contributed by atoms with van der Waals surface area (Å²) < 4.78 is -1.93. The second kappa shape index (κ2) is 5.35. The standard InChI is InChI=1S/C15H6Cl7NO2/c16-5-2-1-3-6(4-5)23-11(24)7-8(12(23)25)14(20)10(18)9(17)13(7,19)15(14,21)22/h1-4,7-8H/t7-,8+,13-,14-/m1/s1. The van der Waals surface area contributed by atoms with Gasteiger partial charge in [0, 0.05) is 5.02 Å². The van der Waals surface area contributed by atoms with E-state index in [0.717, 1.165) is 4.90 Å². The van der Waals surface area contributed by atoms with E-state index in [9.17, 15) is 9.59 Å². The van der Waals surface area contributed by atoms with E-state index in [-0.39, 0.29) is 10.1 Å². The monoisotopic (exact) mass is 477 g/mol. The van der Waals surface area contributed by atoms with Crippen LogP contribution in [0.2, 0.25) is 5.02 Å². The van der Waals surface area contributed by atoms with Crippen LogP contribution in [0.15, 0.2) is 34.3 Å². The lowest BCUT2D eigenvalue weighted by Gasteiger charge is -2.34. The van der Waals surface area contributed by atoms with Gasteiger partial charge in [-0.25, -0.2) is 4.90 Å². The summed E-state index contributed by atoms with van der Waals surface area (Å²) in [4.78, 5) is 23.5. The molecule has 1 heterocycles. The van der Waals surface area contributed by atoms with Crippen molar-refractivity contribution in [2.24, 2.45) is 11.8 Å². The summed E-state index contributed by atoms with van der Waals surface area (Å²) >= 11 is 44.5. The molecule has 1 aliphatic heterocycles. The van der Waals surface area contributed by atoms with Crippen LogP contribution >= 0.6 is 81.2 Å². The number of amides is 2. The fraction of sp³-hybridized carbons (Fsp3) is 0.333. The van der Waals surface area contributed by atoms with E-state index in [1.165, 1.54) is 6.07 Å². The Morgan fingerprint density at radius 1 is 0.840 bits per heavy atom. The average molecular weight is 480 g/mol. The zero-order valence-electron chi connectivity index (χ0n) is 11.9. The normalized spacial score (nSPS) is 38.8. The van der Waals surface area contributed by atoms with Crippen LogP contribution in [0.3, 0.4) is 0 Å². The van der Waals surface area contributed by atoms with E-state index >= 15 is 0 Å². The SMILES string of the molecule is O=C1[C@@H]2[C@H](C(=O)N1c1cccc(Cl)c1)[C@@]1(Cl)C(Cl)=C(Cl)[C@@]2(Cl)C1(Cl)Cl. The Hall–Kier alpha value is 0.130. The topological polar surface area (TPSA) is 37.4 Å². The number of benzene rings is 1. The number of carbonyl (C=O) groups is 2. The van der Waals surface area contributed by atoms with E-state index < -0.39 is 37.7 Å². The molecule has 2 aliphatic carbocycles. The van der Waals surface area contributed by atoms with Crippen LogP contribution in [-0.4, -0.2) is 25.9 Å². The van der Waals surface area contributed by atoms with Crippen LogP contribution in [0.5, 0.6) is 0 Å². The lowest BCUT2D eigenvalue weighted by atomic mass is 9.84. The van der Waals surface area contributed by atoms with Gasteiger partial charge in [-0.05, 0) is 18.2 Å². The minimum absolute atomic E-state index is 0.119. The number of fused-ring (bicyclic) bond motifs is 5. The van der Waals surface area contributed by atoms with Crippen LogP contribution in [0.25, 0.3) is 0 Å². The van der Waals surface area contributed by atoms with Gasteiger partial charge < -0.3 is 0 Å². The number of nitrogens with zero attached hydrogens (tertiary/aromatic N) is 1. The first-order valence-corrected chi connectivity index (χ1v) is 9.61. The van der Waals surface area contributed by atoms with E-state index in [0.29, 0.717) is 10.7 Å². The molecule has 0 N–H and O–H groups in total. The molecule has 132 valence electrons. The maximum absolute atomic E-state index is 13.1. The van der Waals surface area contributed by atoms with Gasteiger partial charge in [-0.2, -0.15) is 0 Å². The predicted octanol–water partition coefficient (Wildman–Crippen LogP) is 5.29. The van der Waals surface area contributed by atoms with Crippen molar-refractivity contribution in [3.05, 3.63) is 39.4 Å². The maximum atomic E-state index is 13.1. The van der Waals surface area contributed by atoms with E-state index in [1.54, 1.807) is 18.2 Å². The van der Waals surface area contributed by atoms with Gasteiger partial charge in [-0.3, -0.25) is 9.59 Å². The quantitative estimate of drug-likeness (QED) is 0.405. The van der Waals surface area contributed by atoms with Crippen molar-refractivity contribution in [1.29, 1.82) is 0 Å². The minimum Gasteiger partial charge on any atom is -0.274 e. The molecule has 4 atom stereocenters. The lowest BCUT2D eigenvalue weighted by Crippen LogP contribution is -2.50. The summed E-state index contributed by atoms with van der Waals surface area (Å²) in [6, 6.07) is 6.27. The Kier molecular flexibility index (Phi) is 3.96. The number of carbonyl (C=O) groups excluding carboxylic acids is 2. The summed E-state index contributed by atoms with van der Waals surface area (Å²) in [6.07, 6.45) is 0. The highest BCUT2D eigenvalue weighted by atomic mass is 35.5. The molecule has 1 aromatic carbocycles. The van der Waals surface area contributed by atoms with Crippen molar-refractivity contribution in [2.45, 2.75) is 14.1 Å². The third-order valence-corrected chi connectivity index (χ3v) is 9.47. The third-order valence-electron chi connectivity index (χ3n) is 4.98. The Balaban J connectivity index is 1.92. The molecular weight excluding hydrogens is 474 g/mol. The predicted molar refractivity (Wildman–Crippen MR) is 101 cm³/mol. The summed E-state index contributed by atoms with van der Waals surface area (Å²) in [5.41, 5.74) is 0.291. The van der Waals surface area contributed by atoms with Crippen molar-refractivity contribution in [3.8, 4) is 0 Å². The van der Waals surface area contributed by atoms with Gasteiger partial charge in [-0.15, -0.1) is 23.2 Å². The summed E-state index contributed by atoms with van der Waals surface area (Å²) in [5, 5.41) is 0.120. The number of anilines is 1. The first-order valence-electron chi connectivity index (χ1n) is 6.96. The zero-order valence-corrected chi connectivity index (χ0v) is 17.2. The fourth-order valence-electron chi connectivity index (χ4n) is 3.86. The molecule has 2 bridgehead atoms. The van der Waals surface area contributed by atoms with Crippen molar-refractivity contribution in [1.82, 2.24) is 0 Å². The number of alkyl halides is 4. The Bertz CT molecular complexity index is 838. The van der Waals surface area contributed by atoms with Gasteiger partial charge >= 0.3 is 0 Å². The highest BCUT2D eigenvalue weighted by Gasteiger charge is 2.87. The van der Waals surface area contributed by atoms with Gasteiger partial charge in [0.1, 0.15) is 9.75 Å². The first-order chi connectivity index (χ1) is 11.5. The van der Waals surface area contributed by atoms with Gasteiger partial charge in [0.2, 0.25) is 11.8 Å². The number of rotatable bonds is 1. The molecule has 4 rings (SSSR count). The lowest BCUT2D eigenvalue weighted by molar-refractivity contribution is -0.123. The molecule has 0 aromatic heterocycles. The van der Waals surface area contributed by atoms with Gasteiger partial charge in [0.15, 0.2) is 4.33 Å². The minimum atomic E-state index is -1.93. The smallest absolute Gasteiger partial charge is 0.240 e. The van der Waals surface area contributed by atoms with Crippen LogP contribution < -0.4 is 4.90 Å². The van der Waals surface area contributed by atoms with Crippen molar-refractivity contribution < 1.29 is 9.59 Å². The molecule has 1 saturated heterocycles. The molecule has 1 saturated carbocycles. The van der Waals surface area contributed by atoms with Crippen LogP contribution in [0.1, 0.15) is 0 Å². The molecule has 0 spiro atoms. The van der Waals surface area contributed by atoms with Gasteiger partial charge in [0.25, 0.3) is 0 Å². The highest BCUT2D eigenvalue weighted by molar-refractivity contribution is 6.67. The van der Waals surface area contributed by atoms with E-state index in [1.807, 2.05) is 0 Å². The molecule has 25 heavy (non-hydrogen) atoms. The van der Waals surface area contributed by atoms with Crippen LogP contribution in [0.4, 0.5) is 5.69 Å². The molecule has 2 amide bonds. The molecule has 2 fully saturated rings. The van der Waals surface area contributed by atoms with Crippen LogP contribution in [0, 0.1) is 11.8 Å². The summed E-state index contributed by atoms with van der Waals surface area (Å²) in [6.45, 7) is 0. The molecule has 3 nitrogen and oxygen atoms in total. The molecule has 1 aromatic rings. The number of halogens is 7. The Morgan fingerprint density at radius 3 is 1.76 bits per heavy atom. The number of allylic oxidation sites excluding steroid dienone is 2. The van der Waals surface area contributed by atoms with Crippen molar-refractivity contribution in [2.75, 3.05) is 4.90 Å². The van der Waals surface area contributed by atoms with Gasteiger partial charge in [-0.1, -0.05) is 64.1 Å². The number of imide groups is 1. The average Bonchev–Trinajstić information content (AvgIpc) is 2.92. The molecule has 10 heteroatoms. The summed E-state index contributed by atoms with van der Waals surface area (Å²) in [5.74, 6) is -3.52. The van der Waals surface area contributed by atoms with E-state index in [4.69, 9.17) is 81.2 Å². The Morgan fingerprint density at radius 2 is 1.32 bits per heavy atom. The fourth-order valence-corrected chi connectivity index (χ4v) is 6.98. The number of hydrogen-bond donors (Lipinski definition) is 0. The second-order valence-electron chi connectivity index (χ2n) is 6.07. The maximum Gasteiger partial charge on any atom is 0.240 e. The third kappa shape index (κ3) is 1.84. The summed E-state index contributed by atoms with van der Waals surface area (Å²) in [7, 11) is 0. The van der Waals surface area contributed by atoms with E-state index in [2.05, 4.69) is 0 Å².